The molecule has 0 unspecified atom stereocenters. The average Bonchev–Trinajstić information content (AvgIpc) is 2.79. The molecular formula is C26H17BrO5. The molecule has 2 heterocycles. The van der Waals surface area contributed by atoms with Crippen LogP contribution < -0.4 is 16.0 Å². The van der Waals surface area contributed by atoms with Crippen LogP contribution in [0.15, 0.2) is 95.7 Å². The van der Waals surface area contributed by atoms with Crippen LogP contribution >= 0.6 is 15.9 Å². The van der Waals surface area contributed by atoms with Crippen LogP contribution in [-0.4, -0.2) is 0 Å². The second-order valence-corrected chi connectivity index (χ2v) is 8.26. The van der Waals surface area contributed by atoms with Gasteiger partial charge in [0.1, 0.15) is 23.5 Å². The van der Waals surface area contributed by atoms with E-state index >= 15 is 0 Å². The van der Waals surface area contributed by atoms with Crippen LogP contribution in [0.4, 0.5) is 0 Å². The van der Waals surface area contributed by atoms with Crippen molar-refractivity contribution >= 4 is 37.9 Å². The molecular weight excluding hydrogens is 472 g/mol. The molecule has 0 aliphatic heterocycles. The number of fused-ring (bicyclic) bond motifs is 2. The maximum absolute atomic E-state index is 12.7. The first-order valence-corrected chi connectivity index (χ1v) is 10.8. The lowest BCUT2D eigenvalue weighted by atomic mass is 10.0. The molecule has 32 heavy (non-hydrogen) atoms. The molecule has 0 bridgehead atoms. The van der Waals surface area contributed by atoms with Crippen LogP contribution in [0.25, 0.3) is 33.1 Å². The smallest absolute Gasteiger partial charge is 0.344 e. The molecule has 2 aromatic heterocycles. The lowest BCUT2D eigenvalue weighted by Gasteiger charge is -2.13. The first kappa shape index (κ1) is 20.3. The minimum atomic E-state index is -0.550. The lowest BCUT2D eigenvalue weighted by Crippen LogP contribution is -2.07. The van der Waals surface area contributed by atoms with Crippen LogP contribution in [-0.2, 0) is 6.61 Å². The second-order valence-electron chi connectivity index (χ2n) is 7.41. The van der Waals surface area contributed by atoms with Gasteiger partial charge < -0.3 is 13.6 Å². The third-order valence-electron chi connectivity index (χ3n) is 5.38. The summed E-state index contributed by atoms with van der Waals surface area (Å²) in [6.07, 6.45) is 0. The molecule has 0 fully saturated rings. The molecule has 0 aliphatic rings. The van der Waals surface area contributed by atoms with Crippen LogP contribution in [0.2, 0.25) is 0 Å². The van der Waals surface area contributed by atoms with Crippen molar-refractivity contribution in [2.24, 2.45) is 0 Å². The Hall–Kier alpha value is -3.64. The molecule has 0 N–H and O–H groups in total. The molecule has 0 spiro atoms. The van der Waals surface area contributed by atoms with Crippen molar-refractivity contribution in [3.8, 4) is 16.9 Å². The van der Waals surface area contributed by atoms with Gasteiger partial charge >= 0.3 is 11.3 Å². The third-order valence-corrected chi connectivity index (χ3v) is 6.16. The maximum atomic E-state index is 12.7. The molecule has 0 saturated heterocycles. The molecule has 6 heteroatoms. The number of hydrogen-bond donors (Lipinski definition) is 0. The fourth-order valence-corrected chi connectivity index (χ4v) is 4.14. The van der Waals surface area contributed by atoms with E-state index in [9.17, 15) is 9.59 Å². The fraction of sp³-hybridized carbons (Fsp3) is 0.0769. The predicted molar refractivity (Wildman–Crippen MR) is 127 cm³/mol. The van der Waals surface area contributed by atoms with E-state index in [1.54, 1.807) is 24.3 Å². The van der Waals surface area contributed by atoms with Gasteiger partial charge in [-0.1, -0.05) is 52.3 Å². The van der Waals surface area contributed by atoms with E-state index < -0.39 is 11.3 Å². The minimum absolute atomic E-state index is 0.308. The van der Waals surface area contributed by atoms with Gasteiger partial charge in [-0.05, 0) is 37.3 Å². The standard InChI is InChI=1S/C26H17BrO5/c1-15-22(30-14-17-7-2-4-8-21(17)27)11-10-18-19(13-24(28)32-25(15)18)20-12-16-6-3-5-9-23(16)31-26(20)29/h2-13H,14H2,1H3. The summed E-state index contributed by atoms with van der Waals surface area (Å²) in [5, 5.41) is 1.41. The highest BCUT2D eigenvalue weighted by molar-refractivity contribution is 9.10. The van der Waals surface area contributed by atoms with Crippen molar-refractivity contribution in [1.82, 2.24) is 0 Å². The highest BCUT2D eigenvalue weighted by Crippen LogP contribution is 2.33. The van der Waals surface area contributed by atoms with Crippen molar-refractivity contribution < 1.29 is 13.6 Å². The Kier molecular flexibility index (Phi) is 5.15. The highest BCUT2D eigenvalue weighted by Gasteiger charge is 2.17. The van der Waals surface area contributed by atoms with Gasteiger partial charge in [-0.15, -0.1) is 0 Å². The predicted octanol–water partition coefficient (Wildman–Crippen LogP) is 6.22. The van der Waals surface area contributed by atoms with Crippen molar-refractivity contribution in [2.45, 2.75) is 13.5 Å². The number of halogens is 1. The summed E-state index contributed by atoms with van der Waals surface area (Å²) in [6.45, 7) is 2.18. The number of rotatable bonds is 4. The number of aryl methyl sites for hydroxylation is 1. The van der Waals surface area contributed by atoms with E-state index in [0.29, 0.717) is 45.6 Å². The summed E-state index contributed by atoms with van der Waals surface area (Å²) >= 11 is 3.52. The Labute approximate surface area is 191 Å². The van der Waals surface area contributed by atoms with E-state index in [1.807, 2.05) is 49.4 Å². The zero-order valence-electron chi connectivity index (χ0n) is 17.1. The van der Waals surface area contributed by atoms with E-state index in [4.69, 9.17) is 13.6 Å². The van der Waals surface area contributed by atoms with Crippen LogP contribution in [0.5, 0.6) is 5.75 Å². The second kappa shape index (κ2) is 8.13. The van der Waals surface area contributed by atoms with E-state index in [1.165, 1.54) is 6.07 Å². The van der Waals surface area contributed by atoms with Crippen molar-refractivity contribution in [2.75, 3.05) is 0 Å². The molecule has 5 rings (SSSR count). The van der Waals surface area contributed by atoms with Gasteiger partial charge in [-0.2, -0.15) is 0 Å². The number of para-hydroxylation sites is 1. The zero-order chi connectivity index (χ0) is 22.2. The highest BCUT2D eigenvalue weighted by atomic mass is 79.9. The fourth-order valence-electron chi connectivity index (χ4n) is 3.74. The Morgan fingerprint density at radius 3 is 2.50 bits per heavy atom. The zero-order valence-corrected chi connectivity index (χ0v) is 18.6. The van der Waals surface area contributed by atoms with Gasteiger partial charge in [-0.3, -0.25) is 0 Å². The van der Waals surface area contributed by atoms with E-state index in [2.05, 4.69) is 15.9 Å². The van der Waals surface area contributed by atoms with Gasteiger partial charge in [0.25, 0.3) is 0 Å². The Bertz CT molecular complexity index is 1600. The molecule has 0 atom stereocenters. The summed E-state index contributed by atoms with van der Waals surface area (Å²) in [6, 6.07) is 21.7. The average molecular weight is 489 g/mol. The monoisotopic (exact) mass is 488 g/mol. The summed E-state index contributed by atoms with van der Waals surface area (Å²) < 4.78 is 18.0. The molecule has 158 valence electrons. The third kappa shape index (κ3) is 3.63. The first-order chi connectivity index (χ1) is 15.5. The van der Waals surface area contributed by atoms with E-state index in [0.717, 1.165) is 15.4 Å². The molecule has 0 aliphatic carbocycles. The SMILES string of the molecule is Cc1c(OCc2ccccc2Br)ccc2c(-c3cc4ccccc4oc3=O)cc(=O)oc12. The number of hydrogen-bond acceptors (Lipinski definition) is 5. The molecule has 0 amide bonds. The molecule has 5 aromatic rings. The van der Waals surface area contributed by atoms with Crippen LogP contribution in [0, 0.1) is 6.92 Å². The van der Waals surface area contributed by atoms with Crippen molar-refractivity contribution in [3.63, 3.8) is 0 Å². The molecule has 0 radical (unpaired) electrons. The summed E-state index contributed by atoms with van der Waals surface area (Å²) in [5.41, 5.74) is 2.26. The Morgan fingerprint density at radius 2 is 1.66 bits per heavy atom. The molecule has 3 aromatic carbocycles. The molecule has 5 nitrogen and oxygen atoms in total. The normalized spacial score (nSPS) is 11.2. The largest absolute Gasteiger partial charge is 0.488 e. The molecule has 0 saturated carbocycles. The van der Waals surface area contributed by atoms with Gasteiger partial charge in [0, 0.05) is 38.0 Å². The lowest BCUT2D eigenvalue weighted by molar-refractivity contribution is 0.303. The maximum Gasteiger partial charge on any atom is 0.344 e. The van der Waals surface area contributed by atoms with Crippen LogP contribution in [0.3, 0.4) is 0 Å². The Morgan fingerprint density at radius 1 is 0.875 bits per heavy atom. The van der Waals surface area contributed by atoms with Crippen molar-refractivity contribution in [3.05, 3.63) is 109 Å². The topological polar surface area (TPSA) is 69.7 Å². The summed E-state index contributed by atoms with van der Waals surface area (Å²) in [7, 11) is 0. The van der Waals surface area contributed by atoms with Gasteiger partial charge in [-0.25, -0.2) is 9.59 Å². The summed E-state index contributed by atoms with van der Waals surface area (Å²) in [5.74, 6) is 0.596. The minimum Gasteiger partial charge on any atom is -0.488 e. The van der Waals surface area contributed by atoms with Gasteiger partial charge in [0.05, 0.1) is 5.56 Å². The van der Waals surface area contributed by atoms with Crippen molar-refractivity contribution in [1.29, 1.82) is 0 Å². The number of benzene rings is 3. The van der Waals surface area contributed by atoms with Crippen LogP contribution in [0.1, 0.15) is 11.1 Å². The van der Waals surface area contributed by atoms with Gasteiger partial charge in [0.2, 0.25) is 0 Å². The van der Waals surface area contributed by atoms with Gasteiger partial charge in [0.15, 0.2) is 0 Å². The Balaban J connectivity index is 1.63. The van der Waals surface area contributed by atoms with E-state index in [-0.39, 0.29) is 0 Å². The first-order valence-electron chi connectivity index (χ1n) is 9.98. The summed E-state index contributed by atoms with van der Waals surface area (Å²) in [4.78, 5) is 25.1. The quantitative estimate of drug-likeness (QED) is 0.281. The number of ether oxygens (including phenoxy) is 1.